The summed E-state index contributed by atoms with van der Waals surface area (Å²) < 4.78 is 13.4. The zero-order valence-corrected chi connectivity index (χ0v) is 11.1. The molecule has 0 aliphatic carbocycles. The third-order valence-corrected chi connectivity index (χ3v) is 2.77. The van der Waals surface area contributed by atoms with E-state index in [1.54, 1.807) is 6.07 Å². The zero-order valence-electron chi connectivity index (χ0n) is 11.1. The van der Waals surface area contributed by atoms with Crippen LogP contribution in [-0.2, 0) is 6.42 Å². The van der Waals surface area contributed by atoms with Gasteiger partial charge in [-0.25, -0.2) is 9.82 Å². The molecule has 20 heavy (non-hydrogen) atoms. The number of nitrogens with zero attached hydrogens (tertiary/aromatic N) is 1. The Morgan fingerprint density at radius 2 is 1.75 bits per heavy atom. The molecule has 1 N–H and O–H groups in total. The Labute approximate surface area is 117 Å². The van der Waals surface area contributed by atoms with E-state index in [1.807, 2.05) is 37.3 Å². The van der Waals surface area contributed by atoms with Crippen LogP contribution in [0.15, 0.2) is 59.7 Å². The average molecular weight is 270 g/mol. The second-order valence-corrected chi connectivity index (χ2v) is 4.43. The standard InChI is InChI=1S/C16H15FN2O/c1-12(11-13-7-3-2-4-8-13)18-19-16(20)14-9-5-6-10-15(14)17/h2-10H,11H2,1H3,(H,19,20). The van der Waals surface area contributed by atoms with Crippen molar-refractivity contribution in [3.63, 3.8) is 0 Å². The van der Waals surface area contributed by atoms with Crippen LogP contribution in [0.3, 0.4) is 0 Å². The predicted octanol–water partition coefficient (Wildman–Crippen LogP) is 3.17. The minimum absolute atomic E-state index is 0.0104. The van der Waals surface area contributed by atoms with Gasteiger partial charge in [0.15, 0.2) is 0 Å². The van der Waals surface area contributed by atoms with Crippen LogP contribution >= 0.6 is 0 Å². The molecule has 2 rings (SSSR count). The monoisotopic (exact) mass is 270 g/mol. The molecule has 0 saturated carbocycles. The Balaban J connectivity index is 1.99. The number of carbonyl (C=O) groups excluding carboxylic acids is 1. The fourth-order valence-corrected chi connectivity index (χ4v) is 1.78. The van der Waals surface area contributed by atoms with Crippen LogP contribution in [0.1, 0.15) is 22.8 Å². The number of carbonyl (C=O) groups is 1. The Bertz CT molecular complexity index is 623. The zero-order chi connectivity index (χ0) is 14.4. The van der Waals surface area contributed by atoms with Gasteiger partial charge in [-0.05, 0) is 24.6 Å². The second-order valence-electron chi connectivity index (χ2n) is 4.43. The number of halogens is 1. The van der Waals surface area contributed by atoms with E-state index >= 15 is 0 Å². The van der Waals surface area contributed by atoms with Crippen molar-refractivity contribution in [1.82, 2.24) is 5.43 Å². The van der Waals surface area contributed by atoms with Gasteiger partial charge in [-0.3, -0.25) is 4.79 Å². The molecule has 0 saturated heterocycles. The normalized spacial score (nSPS) is 11.2. The van der Waals surface area contributed by atoms with E-state index in [0.29, 0.717) is 6.42 Å². The summed E-state index contributed by atoms with van der Waals surface area (Å²) in [6.07, 6.45) is 0.637. The minimum atomic E-state index is -0.555. The first-order valence-electron chi connectivity index (χ1n) is 6.29. The van der Waals surface area contributed by atoms with Gasteiger partial charge in [0.1, 0.15) is 5.82 Å². The van der Waals surface area contributed by atoms with Crippen molar-refractivity contribution in [2.24, 2.45) is 5.10 Å². The SMILES string of the molecule is CC(Cc1ccccc1)=NNC(=O)c1ccccc1F. The smallest absolute Gasteiger partial charge is 0.267 e. The van der Waals surface area contributed by atoms with Crippen LogP contribution in [0.5, 0.6) is 0 Å². The quantitative estimate of drug-likeness (QED) is 0.673. The lowest BCUT2D eigenvalue weighted by molar-refractivity contribution is 0.0950. The highest BCUT2D eigenvalue weighted by Gasteiger charge is 2.09. The molecule has 2 aromatic rings. The first-order valence-corrected chi connectivity index (χ1v) is 6.29. The molecule has 0 aromatic heterocycles. The van der Waals surface area contributed by atoms with E-state index in [4.69, 9.17) is 0 Å². The molecular weight excluding hydrogens is 255 g/mol. The van der Waals surface area contributed by atoms with Gasteiger partial charge in [0.25, 0.3) is 5.91 Å². The van der Waals surface area contributed by atoms with Crippen LogP contribution in [0.2, 0.25) is 0 Å². The van der Waals surface area contributed by atoms with Crippen LogP contribution in [0.4, 0.5) is 4.39 Å². The average Bonchev–Trinajstić information content (AvgIpc) is 2.46. The van der Waals surface area contributed by atoms with Crippen molar-refractivity contribution in [2.45, 2.75) is 13.3 Å². The molecule has 2 aromatic carbocycles. The summed E-state index contributed by atoms with van der Waals surface area (Å²) in [6.45, 7) is 1.81. The van der Waals surface area contributed by atoms with Crippen LogP contribution in [0.25, 0.3) is 0 Å². The van der Waals surface area contributed by atoms with Gasteiger partial charge in [0, 0.05) is 12.1 Å². The van der Waals surface area contributed by atoms with Crippen molar-refractivity contribution < 1.29 is 9.18 Å². The van der Waals surface area contributed by atoms with E-state index in [-0.39, 0.29) is 5.56 Å². The number of rotatable bonds is 4. The summed E-state index contributed by atoms with van der Waals surface area (Å²) >= 11 is 0. The Kier molecular flexibility index (Phi) is 4.60. The molecule has 0 radical (unpaired) electrons. The first-order chi connectivity index (χ1) is 9.66. The molecule has 3 nitrogen and oxygen atoms in total. The van der Waals surface area contributed by atoms with Crippen molar-refractivity contribution in [1.29, 1.82) is 0 Å². The summed E-state index contributed by atoms with van der Waals surface area (Å²) in [7, 11) is 0. The van der Waals surface area contributed by atoms with Crippen LogP contribution < -0.4 is 5.43 Å². The number of hydrazone groups is 1. The van der Waals surface area contributed by atoms with Gasteiger partial charge in [-0.1, -0.05) is 42.5 Å². The topological polar surface area (TPSA) is 41.5 Å². The molecule has 0 aliphatic rings. The molecule has 0 heterocycles. The van der Waals surface area contributed by atoms with Crippen LogP contribution in [-0.4, -0.2) is 11.6 Å². The molecule has 0 unspecified atom stereocenters. The Hall–Kier alpha value is -2.49. The van der Waals surface area contributed by atoms with E-state index in [2.05, 4.69) is 10.5 Å². The maximum absolute atomic E-state index is 13.4. The fraction of sp³-hybridized carbons (Fsp3) is 0.125. The largest absolute Gasteiger partial charge is 0.274 e. The summed E-state index contributed by atoms with van der Waals surface area (Å²) in [5, 5.41) is 3.99. The lowest BCUT2D eigenvalue weighted by Gasteiger charge is -2.04. The highest BCUT2D eigenvalue weighted by molar-refractivity contribution is 5.95. The highest BCUT2D eigenvalue weighted by atomic mass is 19.1. The van der Waals surface area contributed by atoms with Gasteiger partial charge in [0.2, 0.25) is 0 Å². The van der Waals surface area contributed by atoms with Crippen molar-refractivity contribution >= 4 is 11.6 Å². The molecule has 0 spiro atoms. The second kappa shape index (κ2) is 6.61. The molecule has 0 bridgehead atoms. The van der Waals surface area contributed by atoms with E-state index in [9.17, 15) is 9.18 Å². The van der Waals surface area contributed by atoms with Crippen molar-refractivity contribution in [2.75, 3.05) is 0 Å². The number of amides is 1. The third-order valence-electron chi connectivity index (χ3n) is 2.77. The molecule has 4 heteroatoms. The predicted molar refractivity (Wildman–Crippen MR) is 77.1 cm³/mol. The molecular formula is C16H15FN2O. The Morgan fingerprint density at radius 1 is 1.10 bits per heavy atom. The van der Waals surface area contributed by atoms with Gasteiger partial charge in [0.05, 0.1) is 5.56 Å². The third kappa shape index (κ3) is 3.75. The van der Waals surface area contributed by atoms with E-state index < -0.39 is 11.7 Å². The molecule has 0 atom stereocenters. The van der Waals surface area contributed by atoms with E-state index in [1.165, 1.54) is 18.2 Å². The van der Waals surface area contributed by atoms with E-state index in [0.717, 1.165) is 11.3 Å². The fourth-order valence-electron chi connectivity index (χ4n) is 1.78. The van der Waals surface area contributed by atoms with Gasteiger partial charge < -0.3 is 0 Å². The summed E-state index contributed by atoms with van der Waals surface area (Å²) in [4.78, 5) is 11.8. The number of benzene rings is 2. The van der Waals surface area contributed by atoms with Gasteiger partial charge in [-0.15, -0.1) is 0 Å². The van der Waals surface area contributed by atoms with Crippen molar-refractivity contribution in [3.05, 3.63) is 71.5 Å². The summed E-state index contributed by atoms with van der Waals surface area (Å²) in [5.74, 6) is -1.10. The molecule has 1 amide bonds. The molecule has 102 valence electrons. The Morgan fingerprint density at radius 3 is 2.45 bits per heavy atom. The maximum Gasteiger partial charge on any atom is 0.274 e. The van der Waals surface area contributed by atoms with Crippen LogP contribution in [0, 0.1) is 5.82 Å². The summed E-state index contributed by atoms with van der Waals surface area (Å²) in [5.41, 5.74) is 4.21. The minimum Gasteiger partial charge on any atom is -0.267 e. The number of hydrogen-bond donors (Lipinski definition) is 1. The first kappa shape index (κ1) is 13.9. The maximum atomic E-state index is 13.4. The molecule has 0 fully saturated rings. The lowest BCUT2D eigenvalue weighted by atomic mass is 10.1. The van der Waals surface area contributed by atoms with Crippen molar-refractivity contribution in [3.8, 4) is 0 Å². The summed E-state index contributed by atoms with van der Waals surface area (Å²) in [6, 6.07) is 15.6. The van der Waals surface area contributed by atoms with Gasteiger partial charge >= 0.3 is 0 Å². The highest BCUT2D eigenvalue weighted by Crippen LogP contribution is 2.06. The van der Waals surface area contributed by atoms with Gasteiger partial charge in [-0.2, -0.15) is 5.10 Å². The number of hydrogen-bond acceptors (Lipinski definition) is 2. The lowest BCUT2D eigenvalue weighted by Crippen LogP contribution is -2.20. The molecule has 0 aliphatic heterocycles. The number of nitrogens with one attached hydrogen (secondary N) is 1.